The lowest BCUT2D eigenvalue weighted by atomic mass is 10.00. The Kier molecular flexibility index (Phi) is 3.52. The quantitative estimate of drug-likeness (QED) is 0.359. The van der Waals surface area contributed by atoms with Crippen molar-refractivity contribution in [2.75, 3.05) is 0 Å². The highest BCUT2D eigenvalue weighted by molar-refractivity contribution is 5.95. The van der Waals surface area contributed by atoms with Gasteiger partial charge in [-0.3, -0.25) is 0 Å². The molecule has 0 radical (unpaired) electrons. The summed E-state index contributed by atoms with van der Waals surface area (Å²) in [5.74, 6) is 0. The molecule has 2 aliphatic rings. The van der Waals surface area contributed by atoms with E-state index in [0.717, 1.165) is 12.8 Å². The van der Waals surface area contributed by atoms with Gasteiger partial charge in [-0.2, -0.15) is 0 Å². The van der Waals surface area contributed by atoms with E-state index in [4.69, 9.17) is 0 Å². The summed E-state index contributed by atoms with van der Waals surface area (Å²) in [6.07, 6.45) is 9.47. The molecular formula is C28H22. The van der Waals surface area contributed by atoms with Crippen LogP contribution in [0.4, 0.5) is 0 Å². The van der Waals surface area contributed by atoms with Crippen molar-refractivity contribution in [3.8, 4) is 0 Å². The summed E-state index contributed by atoms with van der Waals surface area (Å²) < 4.78 is 0. The molecule has 28 heavy (non-hydrogen) atoms. The van der Waals surface area contributed by atoms with E-state index < -0.39 is 0 Å². The third kappa shape index (κ3) is 2.52. The van der Waals surface area contributed by atoms with Gasteiger partial charge in [-0.05, 0) is 69.5 Å². The summed E-state index contributed by atoms with van der Waals surface area (Å²) in [5, 5.41) is 5.49. The van der Waals surface area contributed by atoms with Crippen LogP contribution in [0.2, 0.25) is 0 Å². The van der Waals surface area contributed by atoms with E-state index in [1.807, 2.05) is 0 Å². The van der Waals surface area contributed by atoms with Gasteiger partial charge >= 0.3 is 0 Å². The maximum Gasteiger partial charge on any atom is -0.00575 e. The van der Waals surface area contributed by atoms with Gasteiger partial charge in [0.15, 0.2) is 0 Å². The van der Waals surface area contributed by atoms with E-state index in [2.05, 4.69) is 84.9 Å². The third-order valence-electron chi connectivity index (χ3n) is 6.42. The highest BCUT2D eigenvalue weighted by Gasteiger charge is 2.18. The average molecular weight is 358 g/mol. The molecule has 0 unspecified atom stereocenters. The van der Waals surface area contributed by atoms with Crippen LogP contribution >= 0.6 is 0 Å². The molecule has 0 saturated heterocycles. The van der Waals surface area contributed by atoms with E-state index in [1.165, 1.54) is 56.6 Å². The van der Waals surface area contributed by atoms with Crippen molar-refractivity contribution in [2.45, 2.75) is 25.7 Å². The van der Waals surface area contributed by atoms with Gasteiger partial charge in [0.05, 0.1) is 0 Å². The zero-order chi connectivity index (χ0) is 18.5. The molecule has 0 heterocycles. The molecule has 0 heteroatoms. The largest absolute Gasteiger partial charge is 0.0649 e. The highest BCUT2D eigenvalue weighted by atomic mass is 14.2. The fraction of sp³-hybridized carbons (Fsp3) is 0.143. The van der Waals surface area contributed by atoms with Crippen LogP contribution in [0.25, 0.3) is 33.7 Å². The zero-order valence-electron chi connectivity index (χ0n) is 15.9. The second kappa shape index (κ2) is 6.21. The Bertz CT molecular complexity index is 1200. The summed E-state index contributed by atoms with van der Waals surface area (Å²) in [4.78, 5) is 0. The van der Waals surface area contributed by atoms with Crippen molar-refractivity contribution in [1.82, 2.24) is 0 Å². The van der Waals surface area contributed by atoms with Gasteiger partial charge in [0.25, 0.3) is 0 Å². The van der Waals surface area contributed by atoms with Crippen LogP contribution in [0.3, 0.4) is 0 Å². The van der Waals surface area contributed by atoms with Crippen molar-refractivity contribution >= 4 is 33.7 Å². The number of allylic oxidation sites excluding steroid dienone is 2. The molecule has 134 valence electrons. The van der Waals surface area contributed by atoms with E-state index in [0.29, 0.717) is 0 Å². The standard InChI is InChI=1S/C28H22/c1-3-7-25-21(5-1)11-13-23-15-19(17-27(23)25)9-10-20-16-24-14-12-22-6-2-4-8-26(22)28(24)18-20/h1-8,11-14,17-18H,9-10,15-16H2. The first-order valence-corrected chi connectivity index (χ1v) is 10.3. The smallest absolute Gasteiger partial charge is 0.00575 e. The Morgan fingerprint density at radius 3 is 1.46 bits per heavy atom. The number of hydrogen-bond acceptors (Lipinski definition) is 0. The summed E-state index contributed by atoms with van der Waals surface area (Å²) in [6, 6.07) is 26.7. The number of rotatable bonds is 3. The van der Waals surface area contributed by atoms with Crippen molar-refractivity contribution in [2.24, 2.45) is 0 Å². The Hall–Kier alpha value is -3.12. The Morgan fingerprint density at radius 2 is 0.964 bits per heavy atom. The third-order valence-corrected chi connectivity index (χ3v) is 6.42. The van der Waals surface area contributed by atoms with Crippen LogP contribution in [0, 0.1) is 0 Å². The molecule has 0 fully saturated rings. The van der Waals surface area contributed by atoms with Gasteiger partial charge in [-0.15, -0.1) is 0 Å². The monoisotopic (exact) mass is 358 g/mol. The first kappa shape index (κ1) is 15.9. The average Bonchev–Trinajstić information content (AvgIpc) is 3.36. The Morgan fingerprint density at radius 1 is 0.500 bits per heavy atom. The molecule has 0 bridgehead atoms. The van der Waals surface area contributed by atoms with Gasteiger partial charge in [0.2, 0.25) is 0 Å². The van der Waals surface area contributed by atoms with Gasteiger partial charge < -0.3 is 0 Å². The van der Waals surface area contributed by atoms with Gasteiger partial charge in [0, 0.05) is 0 Å². The minimum Gasteiger partial charge on any atom is -0.0649 e. The first-order valence-electron chi connectivity index (χ1n) is 10.3. The minimum atomic E-state index is 1.11. The van der Waals surface area contributed by atoms with Crippen LogP contribution < -0.4 is 0 Å². The second-order valence-electron chi connectivity index (χ2n) is 8.18. The maximum absolute atomic E-state index is 2.45. The van der Waals surface area contributed by atoms with Crippen LogP contribution in [-0.2, 0) is 12.8 Å². The molecule has 0 nitrogen and oxygen atoms in total. The molecule has 0 atom stereocenters. The molecule has 6 rings (SSSR count). The lowest BCUT2D eigenvalue weighted by molar-refractivity contribution is 0.887. The van der Waals surface area contributed by atoms with Crippen molar-refractivity contribution in [3.05, 3.63) is 106 Å². The first-order chi connectivity index (χ1) is 13.8. The van der Waals surface area contributed by atoms with Crippen LogP contribution in [0.1, 0.15) is 35.1 Å². The van der Waals surface area contributed by atoms with E-state index in [-0.39, 0.29) is 0 Å². The predicted octanol–water partition coefficient (Wildman–Crippen LogP) is 7.35. The van der Waals surface area contributed by atoms with Crippen molar-refractivity contribution < 1.29 is 0 Å². The zero-order valence-corrected chi connectivity index (χ0v) is 15.9. The van der Waals surface area contributed by atoms with Gasteiger partial charge in [-0.25, -0.2) is 0 Å². The molecule has 0 aromatic heterocycles. The Balaban J connectivity index is 1.25. The molecule has 4 aromatic carbocycles. The summed E-state index contributed by atoms with van der Waals surface area (Å²) >= 11 is 0. The minimum absolute atomic E-state index is 1.11. The Labute approximate surface area is 165 Å². The van der Waals surface area contributed by atoms with E-state index in [9.17, 15) is 0 Å². The normalized spacial score (nSPS) is 14.9. The number of fused-ring (bicyclic) bond motifs is 6. The lowest BCUT2D eigenvalue weighted by Gasteiger charge is -2.05. The van der Waals surface area contributed by atoms with Crippen molar-refractivity contribution in [3.63, 3.8) is 0 Å². The van der Waals surface area contributed by atoms with Crippen LogP contribution in [0.5, 0.6) is 0 Å². The molecule has 0 saturated carbocycles. The van der Waals surface area contributed by atoms with Gasteiger partial charge in [0.1, 0.15) is 0 Å². The number of benzene rings is 4. The van der Waals surface area contributed by atoms with Crippen LogP contribution in [-0.4, -0.2) is 0 Å². The summed E-state index contributed by atoms with van der Waals surface area (Å²) in [6.45, 7) is 0. The van der Waals surface area contributed by atoms with E-state index in [1.54, 1.807) is 11.1 Å². The fourth-order valence-electron chi connectivity index (χ4n) is 4.97. The maximum atomic E-state index is 2.45. The lowest BCUT2D eigenvalue weighted by Crippen LogP contribution is -1.89. The predicted molar refractivity (Wildman–Crippen MR) is 120 cm³/mol. The molecule has 0 amide bonds. The van der Waals surface area contributed by atoms with Gasteiger partial charge in [-0.1, -0.05) is 96.1 Å². The summed E-state index contributed by atoms with van der Waals surface area (Å²) in [5.41, 5.74) is 9.03. The highest BCUT2D eigenvalue weighted by Crippen LogP contribution is 2.37. The molecule has 0 aliphatic heterocycles. The SMILES string of the molecule is C1=C(CCC2=Cc3c(ccc4ccccc34)C2)Cc2ccc3ccccc3c21. The topological polar surface area (TPSA) is 0 Å². The number of hydrogen-bond donors (Lipinski definition) is 0. The molecule has 4 aromatic rings. The molecular weight excluding hydrogens is 336 g/mol. The molecule has 0 spiro atoms. The van der Waals surface area contributed by atoms with Crippen molar-refractivity contribution in [1.29, 1.82) is 0 Å². The molecule has 2 aliphatic carbocycles. The fourth-order valence-corrected chi connectivity index (χ4v) is 4.97. The summed E-state index contributed by atoms with van der Waals surface area (Å²) in [7, 11) is 0. The second-order valence-corrected chi connectivity index (χ2v) is 8.18. The van der Waals surface area contributed by atoms with E-state index >= 15 is 0 Å². The van der Waals surface area contributed by atoms with Crippen LogP contribution in [0.15, 0.2) is 83.9 Å². The molecule has 0 N–H and O–H groups in total.